The third-order valence-electron chi connectivity index (χ3n) is 2.83. The summed E-state index contributed by atoms with van der Waals surface area (Å²) in [6, 6.07) is 0.0254. The molecule has 0 saturated heterocycles. The molecule has 1 saturated carbocycles. The van der Waals surface area contributed by atoms with E-state index in [9.17, 15) is 8.42 Å². The first-order valence-corrected chi connectivity index (χ1v) is 7.74. The van der Waals surface area contributed by atoms with E-state index in [1.54, 1.807) is 7.11 Å². The number of ether oxygens (including phenoxy) is 1. The fourth-order valence-corrected chi connectivity index (χ4v) is 3.91. The highest BCUT2D eigenvalue weighted by Crippen LogP contribution is 2.22. The van der Waals surface area contributed by atoms with Gasteiger partial charge in [-0.15, -0.1) is 11.6 Å². The van der Waals surface area contributed by atoms with E-state index in [1.165, 1.54) is 0 Å². The van der Waals surface area contributed by atoms with Gasteiger partial charge in [0.1, 0.15) is 0 Å². The van der Waals surface area contributed by atoms with Gasteiger partial charge in [-0.25, -0.2) is 13.1 Å². The second-order valence-electron chi connectivity index (χ2n) is 4.53. The van der Waals surface area contributed by atoms with Crippen LogP contribution in [0.25, 0.3) is 0 Å². The largest absolute Gasteiger partial charge is 0.381 e. The van der Waals surface area contributed by atoms with Crippen molar-refractivity contribution in [3.05, 3.63) is 0 Å². The Bertz CT molecular complexity index is 307. The lowest BCUT2D eigenvalue weighted by atomic mass is 10.3. The normalized spacial score (nSPS) is 28.2. The van der Waals surface area contributed by atoms with Crippen LogP contribution in [0.5, 0.6) is 0 Å². The summed E-state index contributed by atoms with van der Waals surface area (Å²) in [6.45, 7) is 1.83. The zero-order valence-corrected chi connectivity index (χ0v) is 11.4. The summed E-state index contributed by atoms with van der Waals surface area (Å²) in [7, 11) is -1.53. The minimum atomic E-state index is -3.20. The number of hydrogen-bond donors (Lipinski definition) is 1. The molecule has 1 aliphatic rings. The lowest BCUT2D eigenvalue weighted by Gasteiger charge is -2.15. The van der Waals surface area contributed by atoms with E-state index in [1.807, 2.05) is 6.92 Å². The van der Waals surface area contributed by atoms with Gasteiger partial charge in [-0.05, 0) is 25.2 Å². The first kappa shape index (κ1) is 14.2. The van der Waals surface area contributed by atoms with E-state index in [2.05, 4.69) is 4.72 Å². The van der Waals surface area contributed by atoms with E-state index >= 15 is 0 Å². The number of alkyl halides is 1. The van der Waals surface area contributed by atoms with Crippen LogP contribution in [0.2, 0.25) is 0 Å². The minimum Gasteiger partial charge on any atom is -0.381 e. The first-order chi connectivity index (χ1) is 7.46. The zero-order chi connectivity index (χ0) is 12.2. The van der Waals surface area contributed by atoms with Crippen molar-refractivity contribution in [1.29, 1.82) is 0 Å². The molecule has 0 bridgehead atoms. The van der Waals surface area contributed by atoms with Crippen LogP contribution in [0.1, 0.15) is 26.2 Å². The van der Waals surface area contributed by atoms with Gasteiger partial charge in [0.15, 0.2) is 0 Å². The van der Waals surface area contributed by atoms with Gasteiger partial charge in [0.05, 0.1) is 11.9 Å². The summed E-state index contributed by atoms with van der Waals surface area (Å²) >= 11 is 5.61. The van der Waals surface area contributed by atoms with Crippen molar-refractivity contribution in [2.45, 2.75) is 38.3 Å². The van der Waals surface area contributed by atoms with Crippen molar-refractivity contribution in [2.24, 2.45) is 5.92 Å². The number of hydrogen-bond acceptors (Lipinski definition) is 3. The Hall–Kier alpha value is 0.160. The maximum atomic E-state index is 11.7. The van der Waals surface area contributed by atoms with Crippen LogP contribution in [-0.2, 0) is 14.8 Å². The Labute approximate surface area is 103 Å². The van der Waals surface area contributed by atoms with Crippen LogP contribution in [0.3, 0.4) is 0 Å². The second-order valence-corrected chi connectivity index (χ2v) is 6.63. The van der Waals surface area contributed by atoms with Crippen molar-refractivity contribution in [3.8, 4) is 0 Å². The maximum absolute atomic E-state index is 11.7. The predicted molar refractivity (Wildman–Crippen MR) is 65.2 cm³/mol. The molecule has 6 heteroatoms. The molecule has 0 radical (unpaired) electrons. The molecule has 0 aromatic rings. The molecule has 1 rings (SSSR count). The van der Waals surface area contributed by atoms with Gasteiger partial charge in [-0.2, -0.15) is 0 Å². The predicted octanol–water partition coefficient (Wildman–Crippen LogP) is 1.35. The Balaban J connectivity index is 2.42. The highest BCUT2D eigenvalue weighted by molar-refractivity contribution is 7.89. The number of methoxy groups -OCH3 is 1. The molecule has 0 aromatic carbocycles. The summed E-state index contributed by atoms with van der Waals surface area (Å²) in [5, 5.41) is 0. The molecular weight excluding hydrogens is 250 g/mol. The van der Waals surface area contributed by atoms with Crippen molar-refractivity contribution >= 4 is 21.6 Å². The van der Waals surface area contributed by atoms with Crippen LogP contribution in [0.15, 0.2) is 0 Å². The summed E-state index contributed by atoms with van der Waals surface area (Å²) in [6.07, 6.45) is 2.74. The molecule has 0 heterocycles. The fourth-order valence-electron chi connectivity index (χ4n) is 1.98. The number of rotatable bonds is 6. The van der Waals surface area contributed by atoms with Crippen molar-refractivity contribution in [1.82, 2.24) is 4.72 Å². The third-order valence-corrected chi connectivity index (χ3v) is 5.06. The summed E-state index contributed by atoms with van der Waals surface area (Å²) < 4.78 is 31.4. The number of sulfonamides is 1. The molecule has 0 amide bonds. The van der Waals surface area contributed by atoms with Crippen molar-refractivity contribution in [2.75, 3.05) is 18.7 Å². The maximum Gasteiger partial charge on any atom is 0.212 e. The van der Waals surface area contributed by atoms with E-state index in [0.717, 1.165) is 19.3 Å². The highest BCUT2D eigenvalue weighted by atomic mass is 35.5. The number of nitrogens with one attached hydrogen (secondary N) is 1. The van der Waals surface area contributed by atoms with E-state index in [4.69, 9.17) is 16.3 Å². The molecular formula is C10H20ClNO3S. The summed E-state index contributed by atoms with van der Waals surface area (Å²) in [5.74, 6) is 0.454. The van der Waals surface area contributed by atoms with Gasteiger partial charge < -0.3 is 4.74 Å². The SMILES string of the molecule is COC1CCC(NS(=O)(=O)CC(C)CCl)C1. The Morgan fingerprint density at radius 1 is 1.50 bits per heavy atom. The third kappa shape index (κ3) is 4.57. The quantitative estimate of drug-likeness (QED) is 0.741. The Morgan fingerprint density at radius 3 is 2.69 bits per heavy atom. The van der Waals surface area contributed by atoms with E-state index in [-0.39, 0.29) is 23.8 Å². The molecule has 1 aliphatic carbocycles. The zero-order valence-electron chi connectivity index (χ0n) is 9.78. The van der Waals surface area contributed by atoms with E-state index < -0.39 is 10.0 Å². The van der Waals surface area contributed by atoms with Crippen molar-refractivity contribution < 1.29 is 13.2 Å². The Kier molecular flexibility index (Phi) is 5.50. The van der Waals surface area contributed by atoms with Gasteiger partial charge in [0, 0.05) is 19.0 Å². The monoisotopic (exact) mass is 269 g/mol. The molecule has 3 atom stereocenters. The molecule has 0 aromatic heterocycles. The van der Waals surface area contributed by atoms with Gasteiger partial charge >= 0.3 is 0 Å². The van der Waals surface area contributed by atoms with Gasteiger partial charge in [-0.3, -0.25) is 0 Å². The number of halogens is 1. The smallest absolute Gasteiger partial charge is 0.212 e. The van der Waals surface area contributed by atoms with Crippen molar-refractivity contribution in [3.63, 3.8) is 0 Å². The molecule has 1 fully saturated rings. The summed E-state index contributed by atoms with van der Waals surface area (Å²) in [4.78, 5) is 0. The standard InChI is InChI=1S/C10H20ClNO3S/c1-8(6-11)7-16(13,14)12-9-3-4-10(5-9)15-2/h8-10,12H,3-7H2,1-2H3. The summed E-state index contributed by atoms with van der Waals surface area (Å²) in [5.41, 5.74) is 0. The molecule has 3 unspecified atom stereocenters. The molecule has 4 nitrogen and oxygen atoms in total. The van der Waals surface area contributed by atoms with Gasteiger partial charge in [-0.1, -0.05) is 6.92 Å². The topological polar surface area (TPSA) is 55.4 Å². The highest BCUT2D eigenvalue weighted by Gasteiger charge is 2.28. The van der Waals surface area contributed by atoms with Gasteiger partial charge in [0.25, 0.3) is 0 Å². The molecule has 1 N–H and O–H groups in total. The first-order valence-electron chi connectivity index (χ1n) is 5.55. The second kappa shape index (κ2) is 6.19. The lowest BCUT2D eigenvalue weighted by molar-refractivity contribution is 0.107. The average Bonchev–Trinajstić information content (AvgIpc) is 2.63. The van der Waals surface area contributed by atoms with Crippen LogP contribution in [-0.4, -0.2) is 39.3 Å². The van der Waals surface area contributed by atoms with Crippen LogP contribution in [0, 0.1) is 5.92 Å². The van der Waals surface area contributed by atoms with Crippen LogP contribution >= 0.6 is 11.6 Å². The molecule has 0 aliphatic heterocycles. The lowest BCUT2D eigenvalue weighted by Crippen LogP contribution is -2.36. The average molecular weight is 270 g/mol. The molecule has 96 valence electrons. The molecule has 16 heavy (non-hydrogen) atoms. The fraction of sp³-hybridized carbons (Fsp3) is 1.00. The Morgan fingerprint density at radius 2 is 2.19 bits per heavy atom. The van der Waals surface area contributed by atoms with Crippen LogP contribution < -0.4 is 4.72 Å². The molecule has 0 spiro atoms. The van der Waals surface area contributed by atoms with Gasteiger partial charge in [0.2, 0.25) is 10.0 Å². The van der Waals surface area contributed by atoms with E-state index in [0.29, 0.717) is 5.88 Å². The van der Waals surface area contributed by atoms with Crippen LogP contribution in [0.4, 0.5) is 0 Å². The minimum absolute atomic E-state index is 0.0150.